The molecular weight excluding hydrogens is 466 g/mol. The van der Waals surface area contributed by atoms with Gasteiger partial charge in [-0.3, -0.25) is 14.5 Å². The molecule has 2 aromatic heterocycles. The second-order valence-electron chi connectivity index (χ2n) is 9.11. The summed E-state index contributed by atoms with van der Waals surface area (Å²) in [6, 6.07) is 6.95. The average molecular weight is 496 g/mol. The fourth-order valence-corrected chi connectivity index (χ4v) is 5.00. The highest BCUT2D eigenvalue weighted by Crippen LogP contribution is 2.36. The maximum atomic E-state index is 14.6. The number of aromatic amines is 1. The van der Waals surface area contributed by atoms with Crippen LogP contribution < -0.4 is 15.8 Å². The molecule has 2 N–H and O–H groups in total. The van der Waals surface area contributed by atoms with Gasteiger partial charge in [-0.25, -0.2) is 4.98 Å². The fraction of sp³-hybridized carbons (Fsp3) is 0.542. The van der Waals surface area contributed by atoms with Crippen LogP contribution in [0.25, 0.3) is 0 Å². The topological polar surface area (TPSA) is 81.3 Å². The van der Waals surface area contributed by atoms with Gasteiger partial charge in [-0.05, 0) is 43.9 Å². The maximum Gasteiger partial charge on any atom is 0.405 e. The van der Waals surface area contributed by atoms with Crippen molar-refractivity contribution in [1.82, 2.24) is 20.2 Å². The Morgan fingerprint density at radius 3 is 2.51 bits per heavy atom. The van der Waals surface area contributed by atoms with Crippen LogP contribution in [0.3, 0.4) is 0 Å². The predicted octanol–water partition coefficient (Wildman–Crippen LogP) is 3.22. The number of alkyl halides is 3. The number of halogens is 4. The molecule has 3 heterocycles. The summed E-state index contributed by atoms with van der Waals surface area (Å²) in [4.78, 5) is 34.8. The van der Waals surface area contributed by atoms with E-state index in [2.05, 4.69) is 14.9 Å². The van der Waals surface area contributed by atoms with E-state index in [1.807, 2.05) is 24.0 Å². The molecular formula is C24H29F4N5O2. The van der Waals surface area contributed by atoms with E-state index in [9.17, 15) is 27.2 Å². The lowest BCUT2D eigenvalue weighted by molar-refractivity contribution is -0.123. The summed E-state index contributed by atoms with van der Waals surface area (Å²) in [5, 5.41) is 1.69. The summed E-state index contributed by atoms with van der Waals surface area (Å²) in [6.45, 7) is 3.07. The van der Waals surface area contributed by atoms with Crippen LogP contribution in [-0.4, -0.2) is 65.7 Å². The Bertz CT molecular complexity index is 1110. The van der Waals surface area contributed by atoms with Gasteiger partial charge in [-0.1, -0.05) is 13.0 Å². The second-order valence-corrected chi connectivity index (χ2v) is 9.11. The van der Waals surface area contributed by atoms with Gasteiger partial charge in [0, 0.05) is 49.4 Å². The molecule has 35 heavy (non-hydrogen) atoms. The van der Waals surface area contributed by atoms with Crippen LogP contribution in [0.2, 0.25) is 0 Å². The monoisotopic (exact) mass is 495 g/mol. The highest BCUT2D eigenvalue weighted by molar-refractivity contribution is 5.92. The molecule has 0 aromatic carbocycles. The lowest BCUT2D eigenvalue weighted by Crippen LogP contribution is -2.50. The first-order chi connectivity index (χ1) is 16.6. The van der Waals surface area contributed by atoms with Crippen LogP contribution in [0.4, 0.5) is 23.2 Å². The van der Waals surface area contributed by atoms with Crippen LogP contribution in [0, 0.1) is 5.95 Å². The number of anilines is 1. The number of pyridine rings is 2. The summed E-state index contributed by atoms with van der Waals surface area (Å²) in [5.74, 6) is -1.63. The Hall–Kier alpha value is -2.95. The van der Waals surface area contributed by atoms with E-state index in [1.54, 1.807) is 5.32 Å². The molecule has 0 spiro atoms. The normalized spacial score (nSPS) is 21.3. The Labute approximate surface area is 200 Å². The number of aromatic nitrogens is 2. The van der Waals surface area contributed by atoms with Gasteiger partial charge < -0.3 is 15.2 Å². The molecule has 1 saturated carbocycles. The van der Waals surface area contributed by atoms with Gasteiger partial charge in [0.15, 0.2) is 0 Å². The van der Waals surface area contributed by atoms with Crippen molar-refractivity contribution in [3.8, 4) is 0 Å². The third-order valence-electron chi connectivity index (χ3n) is 6.92. The number of rotatable bonds is 6. The minimum absolute atomic E-state index is 0.0125. The summed E-state index contributed by atoms with van der Waals surface area (Å²) in [5.41, 5.74) is 1.60. The lowest BCUT2D eigenvalue weighted by atomic mass is 10.0. The van der Waals surface area contributed by atoms with Crippen molar-refractivity contribution < 1.29 is 22.4 Å². The number of amides is 1. The fourth-order valence-electron chi connectivity index (χ4n) is 5.00. The van der Waals surface area contributed by atoms with Crippen molar-refractivity contribution in [2.75, 3.05) is 37.6 Å². The van der Waals surface area contributed by atoms with Crippen molar-refractivity contribution in [2.45, 2.75) is 50.7 Å². The van der Waals surface area contributed by atoms with Crippen LogP contribution >= 0.6 is 0 Å². The molecule has 0 unspecified atom stereocenters. The third kappa shape index (κ3) is 6.01. The quantitative estimate of drug-likeness (QED) is 0.475. The zero-order chi connectivity index (χ0) is 25.2. The smallest absolute Gasteiger partial charge is 0.365 e. The lowest BCUT2D eigenvalue weighted by Gasteiger charge is -2.39. The largest absolute Gasteiger partial charge is 0.405 e. The summed E-state index contributed by atoms with van der Waals surface area (Å²) >= 11 is 0. The molecule has 2 aliphatic rings. The van der Waals surface area contributed by atoms with Crippen LogP contribution in [0.5, 0.6) is 0 Å². The second kappa shape index (κ2) is 10.3. The molecule has 1 aliphatic carbocycles. The van der Waals surface area contributed by atoms with Crippen LogP contribution in [0.1, 0.15) is 53.8 Å². The molecule has 1 amide bonds. The molecule has 2 aromatic rings. The molecule has 2 fully saturated rings. The Morgan fingerprint density at radius 2 is 1.89 bits per heavy atom. The number of carbonyl (C=O) groups is 1. The highest BCUT2D eigenvalue weighted by atomic mass is 19.4. The van der Waals surface area contributed by atoms with E-state index in [0.29, 0.717) is 31.5 Å². The number of piperazine rings is 1. The van der Waals surface area contributed by atoms with Crippen molar-refractivity contribution >= 4 is 11.6 Å². The molecule has 1 saturated heterocycles. The average Bonchev–Trinajstić information content (AvgIpc) is 3.32. The molecule has 7 nitrogen and oxygen atoms in total. The molecule has 0 bridgehead atoms. The number of nitrogens with one attached hydrogen (secondary N) is 2. The van der Waals surface area contributed by atoms with Crippen molar-refractivity contribution in [3.05, 3.63) is 57.5 Å². The minimum Gasteiger partial charge on any atom is -0.365 e. The first kappa shape index (κ1) is 25.2. The Morgan fingerprint density at radius 1 is 1.14 bits per heavy atom. The Balaban J connectivity index is 1.31. The standard InChI is InChI=1S/C24H29F4N5O2/c1-2-15-4-6-18(31-22(15)34)16-3-5-17(13-16)32-9-11-33(12-10-32)20-8-7-19(30-21(20)25)23(35)29-14-24(26,27)28/h4,6-8,16-17H,2-3,5,9-14H2,1H3,(H,29,35)(H,31,34)/t16-,17+/m1/s1. The SMILES string of the molecule is CCc1ccc([C@@H]2CC[C@H](N3CCN(c4ccc(C(=O)NCC(F)(F)F)nc4F)CC3)C2)[nH]c1=O. The number of hydrogen-bond donors (Lipinski definition) is 2. The van der Waals surface area contributed by atoms with Gasteiger partial charge in [0.05, 0.1) is 5.69 Å². The zero-order valence-corrected chi connectivity index (χ0v) is 19.5. The minimum atomic E-state index is -4.55. The number of nitrogens with zero attached hydrogens (tertiary/aromatic N) is 3. The molecule has 2 atom stereocenters. The summed E-state index contributed by atoms with van der Waals surface area (Å²) < 4.78 is 51.4. The van der Waals surface area contributed by atoms with Gasteiger partial charge in [-0.2, -0.15) is 17.6 Å². The van der Waals surface area contributed by atoms with Crippen molar-refractivity contribution in [1.29, 1.82) is 0 Å². The van der Waals surface area contributed by atoms with E-state index >= 15 is 0 Å². The van der Waals surface area contributed by atoms with Gasteiger partial charge >= 0.3 is 6.18 Å². The number of H-pyrrole nitrogens is 1. The van der Waals surface area contributed by atoms with Crippen molar-refractivity contribution in [3.63, 3.8) is 0 Å². The summed E-state index contributed by atoms with van der Waals surface area (Å²) in [7, 11) is 0. The summed E-state index contributed by atoms with van der Waals surface area (Å²) in [6.07, 6.45) is -0.858. The number of carbonyl (C=O) groups excluding carboxylic acids is 1. The first-order valence-corrected chi connectivity index (χ1v) is 11.9. The zero-order valence-electron chi connectivity index (χ0n) is 19.5. The van der Waals surface area contributed by atoms with E-state index in [-0.39, 0.29) is 11.2 Å². The van der Waals surface area contributed by atoms with Gasteiger partial charge in [0.25, 0.3) is 11.5 Å². The molecule has 4 rings (SSSR count). The van der Waals surface area contributed by atoms with Gasteiger partial charge in [-0.15, -0.1) is 0 Å². The van der Waals surface area contributed by atoms with Gasteiger partial charge in [0.1, 0.15) is 12.2 Å². The third-order valence-corrected chi connectivity index (χ3v) is 6.92. The van der Waals surface area contributed by atoms with E-state index in [0.717, 1.165) is 43.6 Å². The van der Waals surface area contributed by atoms with Crippen LogP contribution in [-0.2, 0) is 6.42 Å². The van der Waals surface area contributed by atoms with E-state index in [1.165, 1.54) is 12.1 Å². The van der Waals surface area contributed by atoms with E-state index in [4.69, 9.17) is 0 Å². The Kier molecular flexibility index (Phi) is 7.44. The van der Waals surface area contributed by atoms with Gasteiger partial charge in [0.2, 0.25) is 5.95 Å². The number of hydrogen-bond acceptors (Lipinski definition) is 5. The number of aryl methyl sites for hydroxylation is 1. The van der Waals surface area contributed by atoms with Crippen molar-refractivity contribution in [2.24, 2.45) is 0 Å². The maximum absolute atomic E-state index is 14.6. The first-order valence-electron chi connectivity index (χ1n) is 11.9. The molecule has 190 valence electrons. The molecule has 1 aliphatic heterocycles. The molecule has 11 heteroatoms. The highest BCUT2D eigenvalue weighted by Gasteiger charge is 2.33. The molecule has 0 radical (unpaired) electrons. The van der Waals surface area contributed by atoms with Crippen LogP contribution in [0.15, 0.2) is 29.1 Å². The predicted molar refractivity (Wildman–Crippen MR) is 123 cm³/mol. The van der Waals surface area contributed by atoms with E-state index < -0.39 is 30.3 Å².